The first-order valence-electron chi connectivity index (χ1n) is 9.48. The van der Waals surface area contributed by atoms with Crippen LogP contribution >= 0.6 is 11.8 Å². The van der Waals surface area contributed by atoms with Gasteiger partial charge in [0.1, 0.15) is 0 Å². The summed E-state index contributed by atoms with van der Waals surface area (Å²) in [6.45, 7) is 11.8. The van der Waals surface area contributed by atoms with Gasteiger partial charge in [0.25, 0.3) is 0 Å². The Hall–Kier alpha value is -1.95. The first-order valence-corrected chi connectivity index (χ1v) is 10.5. The molecule has 1 saturated heterocycles. The third-order valence-corrected chi connectivity index (χ3v) is 6.00. The second-order valence-electron chi connectivity index (χ2n) is 9.33. The molecule has 5 nitrogen and oxygen atoms in total. The lowest BCUT2D eigenvalue weighted by molar-refractivity contribution is -0.138. The molecule has 0 spiro atoms. The SMILES string of the molecule is CC(C)(C)C(=N)CSC1CC(=O)N(Cc2ccc(C(=O)C(C)(C)C)cc2)C1=O. The molecular weight excluding hydrogens is 372 g/mol. The Morgan fingerprint density at radius 2 is 1.64 bits per heavy atom. The van der Waals surface area contributed by atoms with Gasteiger partial charge in [-0.15, -0.1) is 11.8 Å². The molecule has 1 N–H and O–H groups in total. The number of ketones is 1. The first-order chi connectivity index (χ1) is 12.8. The van der Waals surface area contributed by atoms with E-state index in [0.29, 0.717) is 17.0 Å². The Morgan fingerprint density at radius 3 is 2.14 bits per heavy atom. The zero-order chi connectivity index (χ0) is 21.3. The van der Waals surface area contributed by atoms with Gasteiger partial charge in [-0.2, -0.15) is 0 Å². The summed E-state index contributed by atoms with van der Waals surface area (Å²) in [5.41, 5.74) is 1.33. The van der Waals surface area contributed by atoms with Crippen LogP contribution in [0, 0.1) is 16.2 Å². The number of carbonyl (C=O) groups excluding carboxylic acids is 3. The maximum absolute atomic E-state index is 12.6. The van der Waals surface area contributed by atoms with Crippen LogP contribution in [0.25, 0.3) is 0 Å². The number of nitrogens with zero attached hydrogens (tertiary/aromatic N) is 1. The fourth-order valence-electron chi connectivity index (χ4n) is 2.73. The van der Waals surface area contributed by atoms with Crippen molar-refractivity contribution >= 4 is 35.1 Å². The average molecular weight is 403 g/mol. The van der Waals surface area contributed by atoms with Crippen molar-refractivity contribution in [1.82, 2.24) is 4.90 Å². The van der Waals surface area contributed by atoms with Crippen molar-refractivity contribution in [3.8, 4) is 0 Å². The Bertz CT molecular complexity index is 785. The van der Waals surface area contributed by atoms with Crippen molar-refractivity contribution in [2.24, 2.45) is 10.8 Å². The van der Waals surface area contributed by atoms with Gasteiger partial charge in [-0.3, -0.25) is 19.3 Å². The molecule has 6 heteroatoms. The standard InChI is InChI=1S/C22H30N2O3S/c1-21(2,3)17(23)13-28-16-11-18(25)24(20(16)27)12-14-7-9-15(10-8-14)19(26)22(4,5)6/h7-10,16,23H,11-13H2,1-6H3. The lowest BCUT2D eigenvalue weighted by Gasteiger charge is -2.20. The maximum Gasteiger partial charge on any atom is 0.243 e. The van der Waals surface area contributed by atoms with Crippen LogP contribution < -0.4 is 0 Å². The second-order valence-corrected chi connectivity index (χ2v) is 10.5. The number of amides is 2. The number of hydrogen-bond acceptors (Lipinski definition) is 5. The molecule has 1 heterocycles. The molecule has 1 aromatic rings. The van der Waals surface area contributed by atoms with E-state index in [-0.39, 0.29) is 36.0 Å². The first kappa shape index (κ1) is 22.3. The smallest absolute Gasteiger partial charge is 0.243 e. The Labute approximate surface area is 171 Å². The minimum absolute atomic E-state index is 0.0603. The van der Waals surface area contributed by atoms with Gasteiger partial charge < -0.3 is 5.41 Å². The summed E-state index contributed by atoms with van der Waals surface area (Å²) < 4.78 is 0. The Balaban J connectivity index is 2.01. The van der Waals surface area contributed by atoms with Crippen molar-refractivity contribution in [3.63, 3.8) is 0 Å². The molecule has 2 rings (SSSR count). The van der Waals surface area contributed by atoms with E-state index >= 15 is 0 Å². The highest BCUT2D eigenvalue weighted by molar-refractivity contribution is 8.01. The number of nitrogens with one attached hydrogen (secondary N) is 1. The predicted octanol–water partition coefficient (Wildman–Crippen LogP) is 4.34. The van der Waals surface area contributed by atoms with E-state index in [9.17, 15) is 14.4 Å². The zero-order valence-corrected chi connectivity index (χ0v) is 18.4. The van der Waals surface area contributed by atoms with E-state index in [4.69, 9.17) is 5.41 Å². The molecule has 1 fully saturated rings. The van der Waals surface area contributed by atoms with E-state index in [1.807, 2.05) is 41.5 Å². The van der Waals surface area contributed by atoms with Crippen LogP contribution in [0.15, 0.2) is 24.3 Å². The summed E-state index contributed by atoms with van der Waals surface area (Å²) in [7, 11) is 0. The van der Waals surface area contributed by atoms with E-state index < -0.39 is 10.7 Å². The number of Topliss-reactive ketones (excluding diaryl/α,β-unsaturated/α-hetero) is 1. The molecule has 0 bridgehead atoms. The quantitative estimate of drug-likeness (QED) is 0.436. The van der Waals surface area contributed by atoms with Crippen molar-refractivity contribution in [3.05, 3.63) is 35.4 Å². The van der Waals surface area contributed by atoms with Crippen molar-refractivity contribution in [2.45, 2.75) is 59.8 Å². The molecule has 1 aromatic carbocycles. The topological polar surface area (TPSA) is 78.3 Å². The van der Waals surface area contributed by atoms with Crippen LogP contribution in [-0.4, -0.2) is 39.2 Å². The summed E-state index contributed by atoms with van der Waals surface area (Å²) in [4.78, 5) is 38.6. The molecule has 152 valence electrons. The Morgan fingerprint density at radius 1 is 1.07 bits per heavy atom. The summed E-state index contributed by atoms with van der Waals surface area (Å²) in [5.74, 6) is 0.140. The van der Waals surface area contributed by atoms with Gasteiger partial charge in [0.15, 0.2) is 5.78 Å². The third-order valence-electron chi connectivity index (χ3n) is 4.77. The second kappa shape index (κ2) is 8.19. The summed E-state index contributed by atoms with van der Waals surface area (Å²) in [6.07, 6.45) is 0.182. The number of benzene rings is 1. The molecular formula is C22H30N2O3S. The fraction of sp³-hybridized carbons (Fsp3) is 0.545. The van der Waals surface area contributed by atoms with Crippen LogP contribution in [0.4, 0.5) is 0 Å². The van der Waals surface area contributed by atoms with E-state index in [0.717, 1.165) is 5.56 Å². The molecule has 1 aliphatic rings. The molecule has 0 saturated carbocycles. The van der Waals surface area contributed by atoms with Crippen molar-refractivity contribution in [2.75, 3.05) is 5.75 Å². The van der Waals surface area contributed by atoms with Gasteiger partial charge in [0.2, 0.25) is 11.8 Å². The van der Waals surface area contributed by atoms with Crippen LogP contribution in [0.3, 0.4) is 0 Å². The van der Waals surface area contributed by atoms with Gasteiger partial charge in [0.05, 0.1) is 11.8 Å². The summed E-state index contributed by atoms with van der Waals surface area (Å²) in [6, 6.07) is 7.11. The largest absolute Gasteiger partial charge is 0.308 e. The van der Waals surface area contributed by atoms with Crippen LogP contribution in [0.1, 0.15) is 63.9 Å². The van der Waals surface area contributed by atoms with Gasteiger partial charge in [0, 0.05) is 34.3 Å². The lowest BCUT2D eigenvalue weighted by Crippen LogP contribution is -2.31. The number of rotatable bonds is 6. The van der Waals surface area contributed by atoms with Crippen LogP contribution in [0.2, 0.25) is 0 Å². The maximum atomic E-state index is 12.6. The molecule has 1 unspecified atom stereocenters. The van der Waals surface area contributed by atoms with E-state index in [1.165, 1.54) is 16.7 Å². The minimum Gasteiger partial charge on any atom is -0.308 e. The molecule has 0 radical (unpaired) electrons. The predicted molar refractivity (Wildman–Crippen MR) is 114 cm³/mol. The molecule has 0 aromatic heterocycles. The van der Waals surface area contributed by atoms with Crippen LogP contribution in [0.5, 0.6) is 0 Å². The normalized spacial score (nSPS) is 17.9. The summed E-state index contributed by atoms with van der Waals surface area (Å²) in [5, 5.41) is 7.67. The molecule has 28 heavy (non-hydrogen) atoms. The van der Waals surface area contributed by atoms with Gasteiger partial charge in [-0.25, -0.2) is 0 Å². The monoisotopic (exact) mass is 402 g/mol. The number of imide groups is 1. The highest BCUT2D eigenvalue weighted by Gasteiger charge is 2.39. The van der Waals surface area contributed by atoms with Gasteiger partial charge in [-0.1, -0.05) is 65.8 Å². The molecule has 0 aliphatic carbocycles. The average Bonchev–Trinajstić information content (AvgIpc) is 2.85. The molecule has 1 atom stereocenters. The lowest BCUT2D eigenvalue weighted by atomic mass is 9.86. The zero-order valence-electron chi connectivity index (χ0n) is 17.6. The number of likely N-dealkylation sites (tertiary alicyclic amines) is 1. The summed E-state index contributed by atoms with van der Waals surface area (Å²) >= 11 is 1.37. The van der Waals surface area contributed by atoms with Gasteiger partial charge >= 0.3 is 0 Å². The Kier molecular flexibility index (Phi) is 6.54. The minimum atomic E-state index is -0.451. The molecule has 1 aliphatic heterocycles. The van der Waals surface area contributed by atoms with Gasteiger partial charge in [-0.05, 0) is 5.56 Å². The third kappa shape index (κ3) is 5.31. The van der Waals surface area contributed by atoms with Crippen molar-refractivity contribution < 1.29 is 14.4 Å². The van der Waals surface area contributed by atoms with E-state index in [1.54, 1.807) is 24.3 Å². The van der Waals surface area contributed by atoms with Crippen LogP contribution in [-0.2, 0) is 16.1 Å². The molecule has 2 amide bonds. The van der Waals surface area contributed by atoms with E-state index in [2.05, 4.69) is 0 Å². The van der Waals surface area contributed by atoms with Crippen molar-refractivity contribution in [1.29, 1.82) is 5.41 Å². The fourth-order valence-corrected chi connectivity index (χ4v) is 4.06. The highest BCUT2D eigenvalue weighted by Crippen LogP contribution is 2.29. The highest BCUT2D eigenvalue weighted by atomic mass is 32.2. The number of carbonyl (C=O) groups is 3. The number of hydrogen-bond donors (Lipinski definition) is 1. The number of thioether (sulfide) groups is 1.